The molecule has 1 amide bonds. The first-order valence-corrected chi connectivity index (χ1v) is 8.03. The van der Waals surface area contributed by atoms with Crippen LogP contribution in [0.3, 0.4) is 0 Å². The lowest BCUT2D eigenvalue weighted by molar-refractivity contribution is -0.123. The summed E-state index contributed by atoms with van der Waals surface area (Å²) in [4.78, 5) is 14.3. The zero-order chi connectivity index (χ0) is 15.1. The number of nitrogen functional groups attached to an aromatic ring is 1. The number of benzene rings is 1. The minimum atomic E-state index is 0.152. The minimum Gasteiger partial charge on any atom is -0.399 e. The van der Waals surface area contributed by atoms with Crippen molar-refractivity contribution in [3.8, 4) is 0 Å². The molecular formula is C17H27N3O. The molecule has 0 spiro atoms. The van der Waals surface area contributed by atoms with Crippen molar-refractivity contribution < 1.29 is 4.79 Å². The lowest BCUT2D eigenvalue weighted by Crippen LogP contribution is -2.42. The molecule has 0 aliphatic heterocycles. The molecule has 0 bridgehead atoms. The highest BCUT2D eigenvalue weighted by Gasteiger charge is 2.17. The Hall–Kier alpha value is -1.55. The van der Waals surface area contributed by atoms with Gasteiger partial charge in [-0.15, -0.1) is 0 Å². The lowest BCUT2D eigenvalue weighted by Gasteiger charge is -2.25. The van der Waals surface area contributed by atoms with Crippen molar-refractivity contribution in [2.24, 2.45) is 0 Å². The van der Waals surface area contributed by atoms with Crippen LogP contribution >= 0.6 is 0 Å². The van der Waals surface area contributed by atoms with Crippen LogP contribution in [0.15, 0.2) is 24.3 Å². The van der Waals surface area contributed by atoms with Gasteiger partial charge in [0.2, 0.25) is 5.91 Å². The van der Waals surface area contributed by atoms with Crippen LogP contribution in [0.25, 0.3) is 0 Å². The van der Waals surface area contributed by atoms with E-state index in [2.05, 4.69) is 17.1 Å². The normalized spacial score (nSPS) is 16.1. The van der Waals surface area contributed by atoms with Crippen molar-refractivity contribution in [1.82, 2.24) is 10.2 Å². The smallest absolute Gasteiger partial charge is 0.234 e. The van der Waals surface area contributed by atoms with Crippen LogP contribution < -0.4 is 11.1 Å². The van der Waals surface area contributed by atoms with Gasteiger partial charge in [-0.1, -0.05) is 38.3 Å². The third-order valence-corrected chi connectivity index (χ3v) is 4.17. The van der Waals surface area contributed by atoms with Crippen molar-refractivity contribution in [2.75, 3.05) is 18.8 Å². The maximum Gasteiger partial charge on any atom is 0.234 e. The standard InChI is InChI=1S/C17H27N3O/c1-2-20(12-14-8-10-15(18)11-9-14)13-17(21)19-16-6-4-3-5-7-16/h8-11,16H,2-7,12-13,18H2,1H3,(H,19,21). The fourth-order valence-electron chi connectivity index (χ4n) is 2.88. The van der Waals surface area contributed by atoms with Crippen LogP contribution in [0.4, 0.5) is 5.69 Å². The second-order valence-corrected chi connectivity index (χ2v) is 5.95. The van der Waals surface area contributed by atoms with Gasteiger partial charge < -0.3 is 11.1 Å². The van der Waals surface area contributed by atoms with Crippen molar-refractivity contribution in [3.05, 3.63) is 29.8 Å². The van der Waals surface area contributed by atoms with Crippen LogP contribution in [0.1, 0.15) is 44.6 Å². The summed E-state index contributed by atoms with van der Waals surface area (Å²) in [5.74, 6) is 0.152. The largest absolute Gasteiger partial charge is 0.399 e. The molecule has 0 heterocycles. The molecule has 0 atom stereocenters. The quantitative estimate of drug-likeness (QED) is 0.791. The molecule has 2 rings (SSSR count). The average molecular weight is 289 g/mol. The van der Waals surface area contributed by atoms with Gasteiger partial charge in [-0.2, -0.15) is 0 Å². The third-order valence-electron chi connectivity index (χ3n) is 4.17. The Morgan fingerprint density at radius 3 is 2.52 bits per heavy atom. The topological polar surface area (TPSA) is 58.4 Å². The van der Waals surface area contributed by atoms with Gasteiger partial charge in [0.1, 0.15) is 0 Å². The van der Waals surface area contributed by atoms with Crippen LogP contribution in [0, 0.1) is 0 Å². The van der Waals surface area contributed by atoms with E-state index in [1.807, 2.05) is 24.3 Å². The van der Waals surface area contributed by atoms with E-state index >= 15 is 0 Å². The summed E-state index contributed by atoms with van der Waals surface area (Å²) in [7, 11) is 0. The maximum absolute atomic E-state index is 12.2. The van der Waals surface area contributed by atoms with Crippen LogP contribution in [0.5, 0.6) is 0 Å². The van der Waals surface area contributed by atoms with Gasteiger partial charge in [0.05, 0.1) is 6.54 Å². The van der Waals surface area contributed by atoms with Gasteiger partial charge in [0.15, 0.2) is 0 Å². The number of rotatable bonds is 6. The maximum atomic E-state index is 12.2. The minimum absolute atomic E-state index is 0.152. The molecule has 1 fully saturated rings. The molecular weight excluding hydrogens is 262 g/mol. The van der Waals surface area contributed by atoms with E-state index in [1.54, 1.807) is 0 Å². The molecule has 0 radical (unpaired) electrons. The number of likely N-dealkylation sites (N-methyl/N-ethyl adjacent to an activating group) is 1. The van der Waals surface area contributed by atoms with Crippen molar-refractivity contribution in [3.63, 3.8) is 0 Å². The van der Waals surface area contributed by atoms with Gasteiger partial charge in [-0.25, -0.2) is 0 Å². The fraction of sp³-hybridized carbons (Fsp3) is 0.588. The molecule has 116 valence electrons. The number of nitrogens with one attached hydrogen (secondary N) is 1. The highest BCUT2D eigenvalue weighted by molar-refractivity contribution is 5.78. The fourth-order valence-corrected chi connectivity index (χ4v) is 2.88. The van der Waals surface area contributed by atoms with Crippen LogP contribution in [-0.2, 0) is 11.3 Å². The molecule has 4 heteroatoms. The summed E-state index contributed by atoms with van der Waals surface area (Å²) >= 11 is 0. The van der Waals surface area contributed by atoms with Crippen LogP contribution in [-0.4, -0.2) is 29.9 Å². The SMILES string of the molecule is CCN(CC(=O)NC1CCCCC1)Cc1ccc(N)cc1. The van der Waals surface area contributed by atoms with Gasteiger partial charge in [-0.05, 0) is 37.1 Å². The predicted molar refractivity (Wildman–Crippen MR) is 86.8 cm³/mol. The van der Waals surface area contributed by atoms with E-state index in [9.17, 15) is 4.79 Å². The number of anilines is 1. The monoisotopic (exact) mass is 289 g/mol. The molecule has 0 unspecified atom stereocenters. The molecule has 21 heavy (non-hydrogen) atoms. The molecule has 1 aliphatic carbocycles. The highest BCUT2D eigenvalue weighted by Crippen LogP contribution is 2.17. The molecule has 1 aliphatic rings. The summed E-state index contributed by atoms with van der Waals surface area (Å²) < 4.78 is 0. The number of carbonyl (C=O) groups excluding carboxylic acids is 1. The van der Waals surface area contributed by atoms with Gasteiger partial charge in [0.25, 0.3) is 0 Å². The number of nitrogens with zero attached hydrogens (tertiary/aromatic N) is 1. The number of nitrogens with two attached hydrogens (primary N) is 1. The van der Waals surface area contributed by atoms with Gasteiger partial charge >= 0.3 is 0 Å². The molecule has 4 nitrogen and oxygen atoms in total. The molecule has 3 N–H and O–H groups in total. The highest BCUT2D eigenvalue weighted by atomic mass is 16.2. The van der Waals surface area contributed by atoms with E-state index in [1.165, 1.54) is 24.8 Å². The summed E-state index contributed by atoms with van der Waals surface area (Å²) in [6.07, 6.45) is 6.07. The van der Waals surface area contributed by atoms with Crippen molar-refractivity contribution in [1.29, 1.82) is 0 Å². The van der Waals surface area contributed by atoms with E-state index in [0.717, 1.165) is 31.6 Å². The zero-order valence-electron chi connectivity index (χ0n) is 13.0. The Morgan fingerprint density at radius 1 is 1.24 bits per heavy atom. The second-order valence-electron chi connectivity index (χ2n) is 5.95. The Bertz CT molecular complexity index is 438. The summed E-state index contributed by atoms with van der Waals surface area (Å²) in [5, 5.41) is 3.18. The lowest BCUT2D eigenvalue weighted by atomic mass is 9.95. The van der Waals surface area contributed by atoms with E-state index < -0.39 is 0 Å². The Labute approximate surface area is 127 Å². The van der Waals surface area contributed by atoms with Gasteiger partial charge in [0, 0.05) is 18.3 Å². The summed E-state index contributed by atoms with van der Waals surface area (Å²) in [5.41, 5.74) is 7.66. The molecule has 1 aromatic carbocycles. The Kier molecular flexibility index (Phi) is 6.05. The van der Waals surface area contributed by atoms with E-state index in [4.69, 9.17) is 5.73 Å². The first-order valence-electron chi connectivity index (χ1n) is 8.03. The van der Waals surface area contributed by atoms with Crippen LogP contribution in [0.2, 0.25) is 0 Å². The number of hydrogen-bond acceptors (Lipinski definition) is 3. The zero-order valence-corrected chi connectivity index (χ0v) is 13.0. The third kappa shape index (κ3) is 5.38. The Morgan fingerprint density at radius 2 is 1.90 bits per heavy atom. The number of hydrogen-bond donors (Lipinski definition) is 2. The average Bonchev–Trinajstić information content (AvgIpc) is 2.49. The molecule has 0 aromatic heterocycles. The predicted octanol–water partition coefficient (Wildman–Crippen LogP) is 2.54. The molecule has 1 saturated carbocycles. The first kappa shape index (κ1) is 15.8. The van der Waals surface area contributed by atoms with E-state index in [0.29, 0.717) is 12.6 Å². The molecule has 1 aromatic rings. The van der Waals surface area contributed by atoms with E-state index in [-0.39, 0.29) is 5.91 Å². The van der Waals surface area contributed by atoms with Gasteiger partial charge in [-0.3, -0.25) is 9.69 Å². The number of amides is 1. The second kappa shape index (κ2) is 8.03. The first-order chi connectivity index (χ1) is 10.2. The molecule has 0 saturated heterocycles. The summed E-state index contributed by atoms with van der Waals surface area (Å²) in [6.45, 7) is 4.21. The Balaban J connectivity index is 1.80. The number of carbonyl (C=O) groups is 1. The van der Waals surface area contributed by atoms with Crippen molar-refractivity contribution in [2.45, 2.75) is 51.6 Å². The summed E-state index contributed by atoms with van der Waals surface area (Å²) in [6, 6.07) is 8.26. The van der Waals surface area contributed by atoms with Crippen molar-refractivity contribution >= 4 is 11.6 Å².